The van der Waals surface area contributed by atoms with Gasteiger partial charge in [0.2, 0.25) is 5.91 Å². The maximum Gasteiger partial charge on any atom is 0.246 e. The van der Waals surface area contributed by atoms with Crippen molar-refractivity contribution < 1.29 is 9.00 Å². The molecule has 0 bridgehead atoms. The lowest BCUT2D eigenvalue weighted by atomic mass is 10.1. The molecule has 1 amide bonds. The first-order valence-corrected chi connectivity index (χ1v) is 9.08. The predicted molar refractivity (Wildman–Crippen MR) is 95.0 cm³/mol. The van der Waals surface area contributed by atoms with Crippen molar-refractivity contribution in [1.29, 1.82) is 0 Å². The average Bonchev–Trinajstić information content (AvgIpc) is 2.54. The van der Waals surface area contributed by atoms with E-state index in [0.717, 1.165) is 5.56 Å². The topological polar surface area (TPSA) is 49.7 Å². The predicted octanol–water partition coefficient (Wildman–Crippen LogP) is 3.58. The fraction of sp³-hybridized carbons (Fsp3) is 0.167. The first-order chi connectivity index (χ1) is 10.9. The number of hydrogen-bond donors (Lipinski definition) is 0. The minimum Gasteiger partial charge on any atom is -0.345 e. The third-order valence-electron chi connectivity index (χ3n) is 3.24. The average molecular weight is 328 g/mol. The molecule has 2 aromatic rings. The molecule has 1 atom stereocenters. The van der Waals surface area contributed by atoms with Crippen LogP contribution in [0.2, 0.25) is 0 Å². The van der Waals surface area contributed by atoms with Crippen molar-refractivity contribution in [2.45, 2.75) is 4.90 Å². The molecule has 120 valence electrons. The Hall–Kier alpha value is -2.40. The fourth-order valence-corrected chi connectivity index (χ4v) is 3.24. The minimum atomic E-state index is -2.54. The van der Waals surface area contributed by atoms with Crippen molar-refractivity contribution in [3.63, 3.8) is 0 Å². The molecule has 0 unspecified atom stereocenters. The van der Waals surface area contributed by atoms with E-state index in [0.29, 0.717) is 10.6 Å². The molecule has 0 aromatic heterocycles. The van der Waals surface area contributed by atoms with Gasteiger partial charge in [0.15, 0.2) is 0 Å². The van der Waals surface area contributed by atoms with Gasteiger partial charge >= 0.3 is 0 Å². The van der Waals surface area contributed by atoms with Gasteiger partial charge in [-0.3, -0.25) is 4.79 Å². The molecular weight excluding hydrogens is 308 g/mol. The van der Waals surface area contributed by atoms with Gasteiger partial charge in [0, 0.05) is 36.9 Å². The number of rotatable bonds is 4. The van der Waals surface area contributed by atoms with Gasteiger partial charge in [0.25, 0.3) is 0 Å². The van der Waals surface area contributed by atoms with Crippen molar-refractivity contribution in [2.24, 2.45) is 4.36 Å². The van der Waals surface area contributed by atoms with E-state index in [9.17, 15) is 9.00 Å². The molecule has 0 aliphatic rings. The molecule has 4 nitrogen and oxygen atoms in total. The van der Waals surface area contributed by atoms with E-state index >= 15 is 0 Å². The molecule has 0 radical (unpaired) electrons. The van der Waals surface area contributed by atoms with Crippen LogP contribution in [0.25, 0.3) is 6.08 Å². The SMILES string of the molecule is CN(C)C(=O)/C=C/c1ccccc1N=[S@@](C)(=O)c1ccccc1. The monoisotopic (exact) mass is 328 g/mol. The lowest BCUT2D eigenvalue weighted by Gasteiger charge is -2.07. The van der Waals surface area contributed by atoms with Crippen molar-refractivity contribution in [2.75, 3.05) is 20.4 Å². The van der Waals surface area contributed by atoms with Gasteiger partial charge in [-0.05, 0) is 24.3 Å². The molecule has 5 heteroatoms. The Morgan fingerprint density at radius 1 is 1.04 bits per heavy atom. The molecule has 0 fully saturated rings. The van der Waals surface area contributed by atoms with Gasteiger partial charge in [-0.25, -0.2) is 4.21 Å². The second-order valence-electron chi connectivity index (χ2n) is 5.33. The van der Waals surface area contributed by atoms with Crippen molar-refractivity contribution in [3.05, 3.63) is 66.2 Å². The summed E-state index contributed by atoms with van der Waals surface area (Å²) in [6, 6.07) is 16.5. The normalized spacial score (nSPS) is 13.5. The van der Waals surface area contributed by atoms with Crippen LogP contribution in [0.15, 0.2) is 69.9 Å². The zero-order chi connectivity index (χ0) is 16.9. The summed E-state index contributed by atoms with van der Waals surface area (Å²) in [5.41, 5.74) is 1.36. The van der Waals surface area contributed by atoms with Gasteiger partial charge in [0.05, 0.1) is 15.4 Å². The largest absolute Gasteiger partial charge is 0.345 e. The third kappa shape index (κ3) is 4.53. The van der Waals surface area contributed by atoms with Gasteiger partial charge in [-0.2, -0.15) is 4.36 Å². The van der Waals surface area contributed by atoms with Crippen molar-refractivity contribution >= 4 is 27.4 Å². The first kappa shape index (κ1) is 17.0. The Labute approximate surface area is 137 Å². The summed E-state index contributed by atoms with van der Waals surface area (Å²) >= 11 is 0. The van der Waals surface area contributed by atoms with E-state index in [2.05, 4.69) is 4.36 Å². The van der Waals surface area contributed by atoms with E-state index in [4.69, 9.17) is 0 Å². The van der Waals surface area contributed by atoms with Gasteiger partial charge < -0.3 is 4.90 Å². The highest BCUT2D eigenvalue weighted by Gasteiger charge is 2.07. The highest BCUT2D eigenvalue weighted by Crippen LogP contribution is 2.24. The van der Waals surface area contributed by atoms with Crippen LogP contribution in [-0.4, -0.2) is 35.4 Å². The Bertz CT molecular complexity index is 833. The van der Waals surface area contributed by atoms with Crippen LogP contribution in [0.3, 0.4) is 0 Å². The second-order valence-corrected chi connectivity index (χ2v) is 7.59. The standard InChI is InChI=1S/C18H20N2O2S/c1-20(2)18(21)14-13-15-9-7-8-12-17(15)19-23(3,22)16-10-5-4-6-11-16/h4-14H,1-3H3/b14-13+/t23-/m0/s1. The molecule has 2 aromatic carbocycles. The summed E-state index contributed by atoms with van der Waals surface area (Å²) in [4.78, 5) is 13.9. The number of benzene rings is 2. The third-order valence-corrected chi connectivity index (χ3v) is 4.93. The molecule has 23 heavy (non-hydrogen) atoms. The molecule has 0 spiro atoms. The fourth-order valence-electron chi connectivity index (χ4n) is 1.94. The molecule has 0 heterocycles. The summed E-state index contributed by atoms with van der Waals surface area (Å²) in [6.45, 7) is 0. The Balaban J connectivity index is 2.44. The zero-order valence-corrected chi connectivity index (χ0v) is 14.3. The van der Waals surface area contributed by atoms with Crippen LogP contribution >= 0.6 is 0 Å². The van der Waals surface area contributed by atoms with Crippen LogP contribution in [0.1, 0.15) is 5.56 Å². The first-order valence-electron chi connectivity index (χ1n) is 7.16. The Morgan fingerprint density at radius 3 is 2.30 bits per heavy atom. The highest BCUT2D eigenvalue weighted by molar-refractivity contribution is 7.93. The molecule has 0 aliphatic heterocycles. The number of carbonyl (C=O) groups excluding carboxylic acids is 1. The van der Waals surface area contributed by atoms with Crippen LogP contribution in [0, 0.1) is 0 Å². The summed E-state index contributed by atoms with van der Waals surface area (Å²) < 4.78 is 17.3. The summed E-state index contributed by atoms with van der Waals surface area (Å²) in [7, 11) is 0.838. The minimum absolute atomic E-state index is 0.111. The molecular formula is C18H20N2O2S. The van der Waals surface area contributed by atoms with Gasteiger partial charge in [-0.15, -0.1) is 0 Å². The smallest absolute Gasteiger partial charge is 0.246 e. The van der Waals surface area contributed by atoms with Crippen LogP contribution in [0.4, 0.5) is 5.69 Å². The molecule has 0 N–H and O–H groups in total. The molecule has 0 saturated heterocycles. The van der Waals surface area contributed by atoms with Gasteiger partial charge in [-0.1, -0.05) is 36.4 Å². The van der Waals surface area contributed by atoms with E-state index in [-0.39, 0.29) is 5.91 Å². The maximum absolute atomic E-state index is 12.9. The molecule has 2 rings (SSSR count). The maximum atomic E-state index is 12.9. The lowest BCUT2D eigenvalue weighted by molar-refractivity contribution is -0.123. The van der Waals surface area contributed by atoms with E-state index < -0.39 is 9.73 Å². The Morgan fingerprint density at radius 2 is 1.65 bits per heavy atom. The van der Waals surface area contributed by atoms with Gasteiger partial charge in [0.1, 0.15) is 0 Å². The number of hydrogen-bond acceptors (Lipinski definition) is 3. The van der Waals surface area contributed by atoms with Crippen molar-refractivity contribution in [3.8, 4) is 0 Å². The molecule has 0 saturated carbocycles. The number of carbonyl (C=O) groups is 1. The summed E-state index contributed by atoms with van der Waals surface area (Å²) in [6.07, 6.45) is 4.80. The van der Waals surface area contributed by atoms with Crippen LogP contribution < -0.4 is 0 Å². The zero-order valence-electron chi connectivity index (χ0n) is 13.5. The lowest BCUT2D eigenvalue weighted by Crippen LogP contribution is -2.18. The van der Waals surface area contributed by atoms with Crippen LogP contribution in [0.5, 0.6) is 0 Å². The highest BCUT2D eigenvalue weighted by atomic mass is 32.2. The summed E-state index contributed by atoms with van der Waals surface area (Å²) in [5, 5.41) is 0. The second kappa shape index (κ2) is 7.24. The molecule has 0 aliphatic carbocycles. The number of amides is 1. The van der Waals surface area contributed by atoms with Crippen LogP contribution in [-0.2, 0) is 14.5 Å². The van der Waals surface area contributed by atoms with Crippen molar-refractivity contribution in [1.82, 2.24) is 4.90 Å². The van der Waals surface area contributed by atoms with E-state index in [1.165, 1.54) is 11.0 Å². The Kier molecular flexibility index (Phi) is 5.34. The quantitative estimate of drug-likeness (QED) is 0.806. The number of likely N-dealkylation sites (N-methyl/N-ethyl adjacent to an activating group) is 1. The van der Waals surface area contributed by atoms with E-state index in [1.807, 2.05) is 36.4 Å². The summed E-state index contributed by atoms with van der Waals surface area (Å²) in [5.74, 6) is -0.111. The number of nitrogens with zero attached hydrogens (tertiary/aromatic N) is 2. The van der Waals surface area contributed by atoms with E-state index in [1.54, 1.807) is 44.6 Å².